The molecule has 2 heterocycles. The molecule has 1 aliphatic heterocycles. The van der Waals surface area contributed by atoms with Gasteiger partial charge in [-0.3, -0.25) is 5.10 Å². The summed E-state index contributed by atoms with van der Waals surface area (Å²) in [5, 5.41) is 15.3. The van der Waals surface area contributed by atoms with E-state index in [1.54, 1.807) is 6.07 Å². The van der Waals surface area contributed by atoms with Crippen LogP contribution in [0.1, 0.15) is 29.5 Å². The molecule has 0 radical (unpaired) electrons. The fourth-order valence-corrected chi connectivity index (χ4v) is 2.25. The first-order chi connectivity index (χ1) is 7.69. The van der Waals surface area contributed by atoms with Gasteiger partial charge in [0.15, 0.2) is 5.69 Å². The Kier molecular flexibility index (Phi) is 3.24. The van der Waals surface area contributed by atoms with Crippen LogP contribution < -0.4 is 0 Å². The molecule has 0 aliphatic carbocycles. The van der Waals surface area contributed by atoms with E-state index in [2.05, 4.69) is 22.0 Å². The molecule has 1 saturated heterocycles. The van der Waals surface area contributed by atoms with Crippen LogP contribution in [-0.2, 0) is 6.42 Å². The number of carboxylic acids is 1. The maximum Gasteiger partial charge on any atom is 0.356 e. The molecule has 1 aliphatic rings. The molecule has 88 valence electrons. The molecule has 1 fully saturated rings. The minimum atomic E-state index is -0.968. The minimum absolute atomic E-state index is 0.111. The van der Waals surface area contributed by atoms with Gasteiger partial charge in [0.2, 0.25) is 0 Å². The Balaban J connectivity index is 1.92. The second kappa shape index (κ2) is 4.65. The van der Waals surface area contributed by atoms with Crippen LogP contribution >= 0.6 is 0 Å². The monoisotopic (exact) mass is 223 g/mol. The highest BCUT2D eigenvalue weighted by atomic mass is 16.4. The summed E-state index contributed by atoms with van der Waals surface area (Å²) in [4.78, 5) is 13.1. The molecule has 0 bridgehead atoms. The van der Waals surface area contributed by atoms with Gasteiger partial charge >= 0.3 is 5.97 Å². The number of nitrogens with zero attached hydrogens (tertiary/aromatic N) is 2. The highest BCUT2D eigenvalue weighted by Gasteiger charge is 2.22. The summed E-state index contributed by atoms with van der Waals surface area (Å²) in [7, 11) is 0. The lowest BCUT2D eigenvalue weighted by molar-refractivity contribution is 0.0690. The summed E-state index contributed by atoms with van der Waals surface area (Å²) in [5.41, 5.74) is 1.04. The van der Waals surface area contributed by atoms with E-state index in [0.717, 1.165) is 31.7 Å². The number of hydrogen-bond donors (Lipinski definition) is 2. The molecule has 1 aromatic rings. The number of nitrogens with one attached hydrogen (secondary N) is 1. The Morgan fingerprint density at radius 1 is 1.75 bits per heavy atom. The van der Waals surface area contributed by atoms with Crippen LogP contribution in [-0.4, -0.2) is 45.8 Å². The third-order valence-corrected chi connectivity index (χ3v) is 3.18. The average molecular weight is 223 g/mol. The van der Waals surface area contributed by atoms with E-state index < -0.39 is 5.97 Å². The molecule has 1 aromatic heterocycles. The fourth-order valence-electron chi connectivity index (χ4n) is 2.25. The van der Waals surface area contributed by atoms with Gasteiger partial charge in [0.05, 0.1) is 0 Å². The number of carbonyl (C=O) groups is 1. The van der Waals surface area contributed by atoms with Gasteiger partial charge < -0.3 is 10.0 Å². The Hall–Kier alpha value is -1.36. The van der Waals surface area contributed by atoms with E-state index in [0.29, 0.717) is 5.92 Å². The molecule has 0 spiro atoms. The summed E-state index contributed by atoms with van der Waals surface area (Å²) < 4.78 is 0. The third-order valence-electron chi connectivity index (χ3n) is 3.18. The molecular formula is C11H17N3O2. The Labute approximate surface area is 94.5 Å². The topological polar surface area (TPSA) is 69.2 Å². The van der Waals surface area contributed by atoms with Crippen molar-refractivity contribution in [1.29, 1.82) is 0 Å². The van der Waals surface area contributed by atoms with Gasteiger partial charge in [-0.2, -0.15) is 5.10 Å². The lowest BCUT2D eigenvalue weighted by atomic mass is 10.0. The summed E-state index contributed by atoms with van der Waals surface area (Å²) >= 11 is 0. The van der Waals surface area contributed by atoms with Gasteiger partial charge in [-0.25, -0.2) is 4.79 Å². The minimum Gasteiger partial charge on any atom is -0.476 e. The Bertz CT molecular complexity index is 375. The zero-order chi connectivity index (χ0) is 11.5. The molecule has 5 heteroatoms. The second-order valence-corrected chi connectivity index (χ2v) is 4.34. The average Bonchev–Trinajstić information content (AvgIpc) is 2.87. The molecule has 0 aromatic carbocycles. The lowest BCUT2D eigenvalue weighted by Crippen LogP contribution is -2.20. The molecular weight excluding hydrogens is 206 g/mol. The Morgan fingerprint density at radius 3 is 3.12 bits per heavy atom. The van der Waals surface area contributed by atoms with Crippen molar-refractivity contribution in [2.24, 2.45) is 5.92 Å². The SMILES string of the molecule is CCN1CCC(Cc2cc(C(=O)O)n[nH]2)C1. The number of aromatic nitrogens is 2. The highest BCUT2D eigenvalue weighted by Crippen LogP contribution is 2.19. The summed E-state index contributed by atoms with van der Waals surface area (Å²) in [5.74, 6) is -0.342. The van der Waals surface area contributed by atoms with Crippen molar-refractivity contribution in [2.75, 3.05) is 19.6 Å². The predicted octanol–water partition coefficient (Wildman–Crippen LogP) is 0.992. The van der Waals surface area contributed by atoms with Crippen LogP contribution in [0.3, 0.4) is 0 Å². The quantitative estimate of drug-likeness (QED) is 0.798. The largest absolute Gasteiger partial charge is 0.476 e. The number of likely N-dealkylation sites (tertiary alicyclic amines) is 1. The van der Waals surface area contributed by atoms with E-state index in [1.165, 1.54) is 6.42 Å². The Morgan fingerprint density at radius 2 is 2.56 bits per heavy atom. The fraction of sp³-hybridized carbons (Fsp3) is 0.636. The van der Waals surface area contributed by atoms with Crippen LogP contribution in [0.5, 0.6) is 0 Å². The van der Waals surface area contributed by atoms with Crippen LogP contribution in [0, 0.1) is 5.92 Å². The standard InChI is InChI=1S/C11H17N3O2/c1-2-14-4-3-8(7-14)5-9-6-10(11(15)16)13-12-9/h6,8H,2-5,7H2,1H3,(H,12,13)(H,15,16). The lowest BCUT2D eigenvalue weighted by Gasteiger charge is -2.12. The number of rotatable bonds is 4. The van der Waals surface area contributed by atoms with E-state index in [9.17, 15) is 4.79 Å². The smallest absolute Gasteiger partial charge is 0.356 e. The van der Waals surface area contributed by atoms with Crippen LogP contribution in [0.25, 0.3) is 0 Å². The normalized spacial score (nSPS) is 21.4. The van der Waals surface area contributed by atoms with Crippen molar-refractivity contribution in [2.45, 2.75) is 19.8 Å². The van der Waals surface area contributed by atoms with Crippen molar-refractivity contribution in [3.8, 4) is 0 Å². The van der Waals surface area contributed by atoms with Gasteiger partial charge in [-0.15, -0.1) is 0 Å². The first-order valence-electron chi connectivity index (χ1n) is 5.69. The van der Waals surface area contributed by atoms with Crippen molar-refractivity contribution in [1.82, 2.24) is 15.1 Å². The number of H-pyrrole nitrogens is 1. The third kappa shape index (κ3) is 2.41. The van der Waals surface area contributed by atoms with E-state index in [-0.39, 0.29) is 5.69 Å². The van der Waals surface area contributed by atoms with E-state index in [4.69, 9.17) is 5.11 Å². The summed E-state index contributed by atoms with van der Waals surface area (Å²) in [6.45, 7) is 5.53. The maximum atomic E-state index is 10.7. The number of aromatic amines is 1. The summed E-state index contributed by atoms with van der Waals surface area (Å²) in [6, 6.07) is 1.64. The van der Waals surface area contributed by atoms with Crippen LogP contribution in [0.15, 0.2) is 6.07 Å². The van der Waals surface area contributed by atoms with Crippen LogP contribution in [0.2, 0.25) is 0 Å². The first-order valence-corrected chi connectivity index (χ1v) is 5.69. The van der Waals surface area contributed by atoms with Gasteiger partial charge in [0.25, 0.3) is 0 Å². The maximum absolute atomic E-state index is 10.7. The highest BCUT2D eigenvalue weighted by molar-refractivity contribution is 5.85. The van der Waals surface area contributed by atoms with Crippen molar-refractivity contribution in [3.63, 3.8) is 0 Å². The van der Waals surface area contributed by atoms with Crippen molar-refractivity contribution >= 4 is 5.97 Å². The molecule has 16 heavy (non-hydrogen) atoms. The zero-order valence-corrected chi connectivity index (χ0v) is 9.44. The molecule has 5 nitrogen and oxygen atoms in total. The number of carboxylic acid groups (broad SMARTS) is 1. The predicted molar refractivity (Wildman–Crippen MR) is 59.5 cm³/mol. The van der Waals surface area contributed by atoms with E-state index in [1.807, 2.05) is 0 Å². The summed E-state index contributed by atoms with van der Waals surface area (Å²) in [6.07, 6.45) is 2.09. The first kappa shape index (κ1) is 11.1. The molecule has 2 rings (SSSR count). The van der Waals surface area contributed by atoms with Gasteiger partial charge in [-0.1, -0.05) is 6.92 Å². The van der Waals surface area contributed by atoms with Crippen molar-refractivity contribution in [3.05, 3.63) is 17.5 Å². The molecule has 1 atom stereocenters. The van der Waals surface area contributed by atoms with Gasteiger partial charge in [0, 0.05) is 12.2 Å². The van der Waals surface area contributed by atoms with Gasteiger partial charge in [-0.05, 0) is 37.9 Å². The number of hydrogen-bond acceptors (Lipinski definition) is 3. The van der Waals surface area contributed by atoms with Gasteiger partial charge in [0.1, 0.15) is 0 Å². The van der Waals surface area contributed by atoms with E-state index >= 15 is 0 Å². The molecule has 2 N–H and O–H groups in total. The molecule has 0 amide bonds. The second-order valence-electron chi connectivity index (χ2n) is 4.34. The molecule has 0 saturated carbocycles. The van der Waals surface area contributed by atoms with Crippen LogP contribution in [0.4, 0.5) is 0 Å². The zero-order valence-electron chi connectivity index (χ0n) is 9.44. The molecule has 1 unspecified atom stereocenters. The van der Waals surface area contributed by atoms with Crippen molar-refractivity contribution < 1.29 is 9.90 Å². The number of aromatic carboxylic acids is 1.